The lowest BCUT2D eigenvalue weighted by Gasteiger charge is -2.23. The van der Waals surface area contributed by atoms with Crippen LogP contribution in [0.4, 0.5) is 0 Å². The lowest BCUT2D eigenvalue weighted by Crippen LogP contribution is -2.38. The second-order valence-electron chi connectivity index (χ2n) is 4.37. The number of carbonyl (C=O) groups is 1. The van der Waals surface area contributed by atoms with Crippen LogP contribution in [0, 0.1) is 0 Å². The number of amides is 1. The highest BCUT2D eigenvalue weighted by molar-refractivity contribution is 9.10. The number of aliphatic hydroxyl groups excluding tert-OH is 1. The van der Waals surface area contributed by atoms with E-state index in [0.29, 0.717) is 6.42 Å². The SMILES string of the molecule is O=C(Cc1ccc(Br)cc1)N1CCC[C@H]1CO. The van der Waals surface area contributed by atoms with Gasteiger partial charge >= 0.3 is 0 Å². The van der Waals surface area contributed by atoms with Crippen LogP contribution in [0.2, 0.25) is 0 Å². The van der Waals surface area contributed by atoms with Crippen molar-refractivity contribution in [3.8, 4) is 0 Å². The molecular weight excluding hydrogens is 282 g/mol. The molecule has 1 aromatic rings. The van der Waals surface area contributed by atoms with Gasteiger partial charge in [-0.25, -0.2) is 0 Å². The molecule has 4 heteroatoms. The summed E-state index contributed by atoms with van der Waals surface area (Å²) < 4.78 is 1.02. The third-order valence-corrected chi connectivity index (χ3v) is 3.71. The third kappa shape index (κ3) is 3.07. The fourth-order valence-electron chi connectivity index (χ4n) is 2.23. The van der Waals surface area contributed by atoms with E-state index in [4.69, 9.17) is 0 Å². The van der Waals surface area contributed by atoms with Crippen LogP contribution in [-0.4, -0.2) is 35.1 Å². The Morgan fingerprint density at radius 1 is 1.41 bits per heavy atom. The maximum Gasteiger partial charge on any atom is 0.227 e. The number of likely N-dealkylation sites (tertiary alicyclic amines) is 1. The number of hydrogen-bond acceptors (Lipinski definition) is 2. The van der Waals surface area contributed by atoms with Gasteiger partial charge in [-0.15, -0.1) is 0 Å². The normalized spacial score (nSPS) is 19.6. The van der Waals surface area contributed by atoms with Gasteiger partial charge in [0.1, 0.15) is 0 Å². The summed E-state index contributed by atoms with van der Waals surface area (Å²) in [5, 5.41) is 9.19. The highest BCUT2D eigenvalue weighted by atomic mass is 79.9. The first-order valence-electron chi connectivity index (χ1n) is 5.85. The van der Waals surface area contributed by atoms with Crippen LogP contribution >= 0.6 is 15.9 Å². The molecule has 2 rings (SSSR count). The van der Waals surface area contributed by atoms with Crippen molar-refractivity contribution in [1.82, 2.24) is 4.90 Å². The van der Waals surface area contributed by atoms with Gasteiger partial charge in [0.15, 0.2) is 0 Å². The zero-order chi connectivity index (χ0) is 12.3. The topological polar surface area (TPSA) is 40.5 Å². The van der Waals surface area contributed by atoms with Crippen molar-refractivity contribution >= 4 is 21.8 Å². The molecule has 0 aromatic heterocycles. The van der Waals surface area contributed by atoms with E-state index in [2.05, 4.69) is 15.9 Å². The summed E-state index contributed by atoms with van der Waals surface area (Å²) in [6.07, 6.45) is 2.34. The molecule has 1 saturated heterocycles. The van der Waals surface area contributed by atoms with Crippen molar-refractivity contribution in [2.24, 2.45) is 0 Å². The summed E-state index contributed by atoms with van der Waals surface area (Å²) in [7, 11) is 0. The van der Waals surface area contributed by atoms with E-state index < -0.39 is 0 Å². The average Bonchev–Trinajstić information content (AvgIpc) is 2.80. The van der Waals surface area contributed by atoms with Crippen molar-refractivity contribution in [2.45, 2.75) is 25.3 Å². The standard InChI is InChI=1S/C13H16BrNO2/c14-11-5-3-10(4-6-11)8-13(17)15-7-1-2-12(15)9-16/h3-6,12,16H,1-2,7-9H2/t12-/m0/s1. The predicted molar refractivity (Wildman–Crippen MR) is 69.7 cm³/mol. The maximum atomic E-state index is 12.1. The fourth-order valence-corrected chi connectivity index (χ4v) is 2.50. The molecule has 0 bridgehead atoms. The number of aliphatic hydroxyl groups is 1. The molecule has 1 aromatic carbocycles. The van der Waals surface area contributed by atoms with Gasteiger partial charge in [0.2, 0.25) is 5.91 Å². The second-order valence-corrected chi connectivity index (χ2v) is 5.28. The van der Waals surface area contributed by atoms with E-state index in [1.165, 1.54) is 0 Å². The van der Waals surface area contributed by atoms with Crippen LogP contribution in [0.15, 0.2) is 28.7 Å². The molecule has 0 spiro atoms. The van der Waals surface area contributed by atoms with Gasteiger partial charge in [0, 0.05) is 11.0 Å². The van der Waals surface area contributed by atoms with Crippen molar-refractivity contribution in [3.05, 3.63) is 34.3 Å². The Labute approximate surface area is 110 Å². The number of rotatable bonds is 3. The van der Waals surface area contributed by atoms with E-state index >= 15 is 0 Å². The Morgan fingerprint density at radius 3 is 2.76 bits per heavy atom. The summed E-state index contributed by atoms with van der Waals surface area (Å²) in [5.74, 6) is 0.115. The molecule has 1 aliphatic heterocycles. The maximum absolute atomic E-state index is 12.1. The highest BCUT2D eigenvalue weighted by Crippen LogP contribution is 2.18. The second kappa shape index (κ2) is 5.65. The monoisotopic (exact) mass is 297 g/mol. The molecular formula is C13H16BrNO2. The Hall–Kier alpha value is -0.870. The molecule has 1 aliphatic rings. The van der Waals surface area contributed by atoms with Gasteiger partial charge in [-0.05, 0) is 30.5 Å². The Bertz CT molecular complexity index is 391. The smallest absolute Gasteiger partial charge is 0.227 e. The number of hydrogen-bond donors (Lipinski definition) is 1. The van der Waals surface area contributed by atoms with Crippen LogP contribution in [0.25, 0.3) is 0 Å². The lowest BCUT2D eigenvalue weighted by atomic mass is 10.1. The molecule has 0 radical (unpaired) electrons. The van der Waals surface area contributed by atoms with Crippen LogP contribution in [0.1, 0.15) is 18.4 Å². The van der Waals surface area contributed by atoms with Crippen molar-refractivity contribution in [1.29, 1.82) is 0 Å². The minimum absolute atomic E-state index is 0.0259. The summed E-state index contributed by atoms with van der Waals surface area (Å²) in [5.41, 5.74) is 1.02. The molecule has 0 saturated carbocycles. The van der Waals surface area contributed by atoms with E-state index in [0.717, 1.165) is 29.4 Å². The molecule has 92 valence electrons. The molecule has 1 amide bonds. The van der Waals surface area contributed by atoms with Crippen LogP contribution in [0.3, 0.4) is 0 Å². The van der Waals surface area contributed by atoms with E-state index in [1.54, 1.807) is 0 Å². The van der Waals surface area contributed by atoms with Crippen molar-refractivity contribution in [2.75, 3.05) is 13.2 Å². The van der Waals surface area contributed by atoms with E-state index in [-0.39, 0.29) is 18.6 Å². The van der Waals surface area contributed by atoms with Gasteiger partial charge < -0.3 is 10.0 Å². The first-order chi connectivity index (χ1) is 8.20. The zero-order valence-electron chi connectivity index (χ0n) is 9.60. The largest absolute Gasteiger partial charge is 0.394 e. The summed E-state index contributed by atoms with van der Waals surface area (Å²) >= 11 is 3.37. The number of halogens is 1. The van der Waals surface area contributed by atoms with Gasteiger partial charge in [-0.3, -0.25) is 4.79 Å². The molecule has 1 heterocycles. The van der Waals surface area contributed by atoms with Gasteiger partial charge in [0.25, 0.3) is 0 Å². The van der Waals surface area contributed by atoms with Crippen LogP contribution in [-0.2, 0) is 11.2 Å². The zero-order valence-corrected chi connectivity index (χ0v) is 11.2. The predicted octanol–water partition coefficient (Wildman–Crippen LogP) is 1.97. The van der Waals surface area contributed by atoms with Crippen LogP contribution < -0.4 is 0 Å². The van der Waals surface area contributed by atoms with Crippen molar-refractivity contribution in [3.63, 3.8) is 0 Å². The fraction of sp³-hybridized carbons (Fsp3) is 0.462. The first kappa shape index (κ1) is 12.6. The molecule has 1 fully saturated rings. The molecule has 3 nitrogen and oxygen atoms in total. The van der Waals surface area contributed by atoms with E-state index in [1.807, 2.05) is 29.2 Å². The third-order valence-electron chi connectivity index (χ3n) is 3.18. The Morgan fingerprint density at radius 2 is 2.12 bits per heavy atom. The molecule has 1 N–H and O–H groups in total. The molecule has 1 atom stereocenters. The van der Waals surface area contributed by atoms with Crippen molar-refractivity contribution < 1.29 is 9.90 Å². The Kier molecular flexibility index (Phi) is 4.18. The van der Waals surface area contributed by atoms with Gasteiger partial charge in [-0.1, -0.05) is 28.1 Å². The van der Waals surface area contributed by atoms with E-state index in [9.17, 15) is 9.90 Å². The number of benzene rings is 1. The molecule has 17 heavy (non-hydrogen) atoms. The number of carbonyl (C=O) groups excluding carboxylic acids is 1. The quantitative estimate of drug-likeness (QED) is 0.927. The molecule has 0 unspecified atom stereocenters. The van der Waals surface area contributed by atoms with Gasteiger partial charge in [-0.2, -0.15) is 0 Å². The minimum atomic E-state index is 0.0259. The minimum Gasteiger partial charge on any atom is -0.394 e. The molecule has 0 aliphatic carbocycles. The number of nitrogens with zero attached hydrogens (tertiary/aromatic N) is 1. The Balaban J connectivity index is 1.99. The lowest BCUT2D eigenvalue weighted by molar-refractivity contribution is -0.131. The first-order valence-corrected chi connectivity index (χ1v) is 6.65. The van der Waals surface area contributed by atoms with Gasteiger partial charge in [0.05, 0.1) is 19.1 Å². The van der Waals surface area contributed by atoms with Crippen LogP contribution in [0.5, 0.6) is 0 Å². The summed E-state index contributed by atoms with van der Waals surface area (Å²) in [4.78, 5) is 13.9. The highest BCUT2D eigenvalue weighted by Gasteiger charge is 2.27. The average molecular weight is 298 g/mol. The summed E-state index contributed by atoms with van der Waals surface area (Å²) in [6.45, 7) is 0.854. The summed E-state index contributed by atoms with van der Waals surface area (Å²) in [6, 6.07) is 7.81.